The van der Waals surface area contributed by atoms with Crippen LogP contribution in [0.3, 0.4) is 0 Å². The molecule has 0 spiro atoms. The Balaban J connectivity index is 2.02. The van der Waals surface area contributed by atoms with Crippen molar-refractivity contribution in [1.82, 2.24) is 9.62 Å². The molecule has 0 aliphatic carbocycles. The van der Waals surface area contributed by atoms with Crippen molar-refractivity contribution < 1.29 is 13.2 Å². The van der Waals surface area contributed by atoms with E-state index in [1.165, 1.54) is 32.1 Å². The van der Waals surface area contributed by atoms with E-state index in [1.807, 2.05) is 6.92 Å². The van der Waals surface area contributed by atoms with E-state index in [-0.39, 0.29) is 16.0 Å². The lowest BCUT2D eigenvalue weighted by molar-refractivity contribution is 0.260. The van der Waals surface area contributed by atoms with E-state index >= 15 is 0 Å². The van der Waals surface area contributed by atoms with Crippen molar-refractivity contribution in [1.29, 1.82) is 0 Å². The minimum Gasteiger partial charge on any atom is -0.495 e. The van der Waals surface area contributed by atoms with Crippen LogP contribution in [0, 0.1) is 0 Å². The molecule has 7 heteroatoms. The normalized spacial score (nSPS) is 17.9. The topological polar surface area (TPSA) is 58.6 Å². The zero-order valence-corrected chi connectivity index (χ0v) is 13.9. The van der Waals surface area contributed by atoms with Crippen LogP contribution in [0.15, 0.2) is 23.1 Å². The van der Waals surface area contributed by atoms with Gasteiger partial charge in [0.05, 0.1) is 17.0 Å². The third-order valence-corrected chi connectivity index (χ3v) is 5.48. The molecule has 0 amide bonds. The smallest absolute Gasteiger partial charge is 0.240 e. The first kappa shape index (κ1) is 16.5. The average molecular weight is 333 g/mol. The Morgan fingerprint density at radius 1 is 1.38 bits per heavy atom. The first-order valence-electron chi connectivity index (χ1n) is 7.01. The van der Waals surface area contributed by atoms with Crippen molar-refractivity contribution in [2.45, 2.75) is 30.7 Å². The van der Waals surface area contributed by atoms with Crippen LogP contribution in [0.1, 0.15) is 19.8 Å². The van der Waals surface area contributed by atoms with E-state index in [1.54, 1.807) is 6.07 Å². The fraction of sp³-hybridized carbons (Fsp3) is 0.571. The maximum Gasteiger partial charge on any atom is 0.240 e. The first-order valence-corrected chi connectivity index (χ1v) is 8.87. The molecular weight excluding hydrogens is 312 g/mol. The fourth-order valence-corrected chi connectivity index (χ4v) is 3.91. The number of halogens is 1. The summed E-state index contributed by atoms with van der Waals surface area (Å²) in [6, 6.07) is 4.65. The van der Waals surface area contributed by atoms with Crippen molar-refractivity contribution in [3.63, 3.8) is 0 Å². The summed E-state index contributed by atoms with van der Waals surface area (Å²) in [4.78, 5) is 2.45. The molecule has 1 saturated heterocycles. The van der Waals surface area contributed by atoms with Crippen LogP contribution in [0.2, 0.25) is 5.02 Å². The van der Waals surface area contributed by atoms with E-state index in [9.17, 15) is 8.42 Å². The van der Waals surface area contributed by atoms with Gasteiger partial charge in [0.1, 0.15) is 5.75 Å². The summed E-state index contributed by atoms with van der Waals surface area (Å²) in [7, 11) is -2.06. The fourth-order valence-electron chi connectivity index (χ4n) is 2.44. The summed E-state index contributed by atoms with van der Waals surface area (Å²) in [5.74, 6) is 0.459. The molecule has 1 heterocycles. The quantitative estimate of drug-likeness (QED) is 0.866. The van der Waals surface area contributed by atoms with Gasteiger partial charge in [-0.05, 0) is 51.1 Å². The van der Waals surface area contributed by atoms with Gasteiger partial charge in [0, 0.05) is 12.6 Å². The average Bonchev–Trinajstić information content (AvgIpc) is 2.99. The highest BCUT2D eigenvalue weighted by Crippen LogP contribution is 2.26. The molecule has 0 saturated carbocycles. The van der Waals surface area contributed by atoms with Crippen molar-refractivity contribution in [2.75, 3.05) is 26.7 Å². The lowest BCUT2D eigenvalue weighted by Gasteiger charge is -2.23. The summed E-state index contributed by atoms with van der Waals surface area (Å²) in [5, 5.41) is 0.285. The number of likely N-dealkylation sites (tertiary alicyclic amines) is 1. The maximum atomic E-state index is 12.3. The minimum absolute atomic E-state index is 0.155. The Morgan fingerprint density at radius 2 is 2.05 bits per heavy atom. The molecule has 5 nitrogen and oxygen atoms in total. The molecule has 1 unspecified atom stereocenters. The predicted molar refractivity (Wildman–Crippen MR) is 83.5 cm³/mol. The standard InChI is InChI=1S/C14H21ClN2O3S/c1-11(17-7-3-4-8-17)10-16-21(18,19)12-5-6-14(20-2)13(15)9-12/h5-6,9,11,16H,3-4,7-8,10H2,1-2H3. The van der Waals surface area contributed by atoms with Crippen LogP contribution in [0.5, 0.6) is 5.75 Å². The first-order chi connectivity index (χ1) is 9.94. The second-order valence-electron chi connectivity index (χ2n) is 5.24. The number of rotatable bonds is 6. The summed E-state index contributed by atoms with van der Waals surface area (Å²) in [5.41, 5.74) is 0. The molecule has 1 aliphatic heterocycles. The second kappa shape index (κ2) is 6.96. The number of methoxy groups -OCH3 is 1. The summed E-state index contributed by atoms with van der Waals surface area (Å²) < 4.78 is 32.2. The largest absolute Gasteiger partial charge is 0.495 e. The molecule has 0 radical (unpaired) electrons. The van der Waals surface area contributed by atoms with Gasteiger partial charge in [-0.2, -0.15) is 0 Å². The predicted octanol–water partition coefficient (Wildman–Crippen LogP) is 2.11. The van der Waals surface area contributed by atoms with Crippen LogP contribution in [0.4, 0.5) is 0 Å². The molecule has 0 aromatic heterocycles. The highest BCUT2D eigenvalue weighted by Gasteiger charge is 2.21. The van der Waals surface area contributed by atoms with Crippen molar-refractivity contribution in [3.05, 3.63) is 23.2 Å². The summed E-state index contributed by atoms with van der Waals surface area (Å²) >= 11 is 5.98. The molecule has 118 valence electrons. The Morgan fingerprint density at radius 3 is 2.62 bits per heavy atom. The number of sulfonamides is 1. The van der Waals surface area contributed by atoms with E-state index < -0.39 is 10.0 Å². The number of nitrogens with one attached hydrogen (secondary N) is 1. The van der Waals surface area contributed by atoms with E-state index in [2.05, 4.69) is 9.62 Å². The van der Waals surface area contributed by atoms with Crippen LogP contribution in [-0.2, 0) is 10.0 Å². The molecule has 1 aliphatic rings. The minimum atomic E-state index is -3.55. The maximum absolute atomic E-state index is 12.3. The highest BCUT2D eigenvalue weighted by molar-refractivity contribution is 7.89. The summed E-state index contributed by atoms with van der Waals surface area (Å²) in [6.45, 7) is 4.51. The van der Waals surface area contributed by atoms with E-state index in [0.29, 0.717) is 12.3 Å². The Hall–Kier alpha value is -0.820. The van der Waals surface area contributed by atoms with Gasteiger partial charge in [-0.25, -0.2) is 13.1 Å². The molecule has 2 rings (SSSR count). The third-order valence-electron chi connectivity index (χ3n) is 3.77. The zero-order chi connectivity index (χ0) is 15.5. The van der Waals surface area contributed by atoms with Crippen molar-refractivity contribution >= 4 is 21.6 Å². The van der Waals surface area contributed by atoms with Crippen LogP contribution >= 0.6 is 11.6 Å². The third kappa shape index (κ3) is 4.10. The Labute approximate surface area is 131 Å². The van der Waals surface area contributed by atoms with Gasteiger partial charge in [0.25, 0.3) is 0 Å². The molecule has 1 atom stereocenters. The molecule has 1 fully saturated rings. The van der Waals surface area contributed by atoms with Crippen LogP contribution < -0.4 is 9.46 Å². The van der Waals surface area contributed by atoms with Gasteiger partial charge in [-0.3, -0.25) is 4.90 Å². The van der Waals surface area contributed by atoms with E-state index in [4.69, 9.17) is 16.3 Å². The molecule has 1 aromatic carbocycles. The highest BCUT2D eigenvalue weighted by atomic mass is 35.5. The monoisotopic (exact) mass is 332 g/mol. The molecular formula is C14H21ClN2O3S. The number of ether oxygens (including phenoxy) is 1. The molecule has 1 N–H and O–H groups in total. The van der Waals surface area contributed by atoms with Crippen molar-refractivity contribution in [2.24, 2.45) is 0 Å². The Kier molecular flexibility index (Phi) is 5.48. The molecule has 1 aromatic rings. The number of hydrogen-bond acceptors (Lipinski definition) is 4. The van der Waals surface area contributed by atoms with Gasteiger partial charge in [-0.15, -0.1) is 0 Å². The number of hydrogen-bond donors (Lipinski definition) is 1. The molecule has 21 heavy (non-hydrogen) atoms. The van der Waals surface area contributed by atoms with E-state index in [0.717, 1.165) is 13.1 Å². The number of benzene rings is 1. The lowest BCUT2D eigenvalue weighted by atomic mass is 10.3. The lowest BCUT2D eigenvalue weighted by Crippen LogP contribution is -2.40. The summed E-state index contributed by atoms with van der Waals surface area (Å²) in [6.07, 6.45) is 2.37. The van der Waals surface area contributed by atoms with Gasteiger partial charge in [0.15, 0.2) is 0 Å². The SMILES string of the molecule is COc1ccc(S(=O)(=O)NCC(C)N2CCCC2)cc1Cl. The van der Waals surface area contributed by atoms with Gasteiger partial charge in [-0.1, -0.05) is 11.6 Å². The zero-order valence-electron chi connectivity index (χ0n) is 12.3. The second-order valence-corrected chi connectivity index (χ2v) is 7.41. The van der Waals surface area contributed by atoms with Crippen molar-refractivity contribution in [3.8, 4) is 5.75 Å². The van der Waals surface area contributed by atoms with Gasteiger partial charge < -0.3 is 4.74 Å². The number of nitrogens with zero attached hydrogens (tertiary/aromatic N) is 1. The van der Waals surface area contributed by atoms with Crippen LogP contribution in [0.25, 0.3) is 0 Å². The van der Waals surface area contributed by atoms with Gasteiger partial charge in [0.2, 0.25) is 10.0 Å². The Bertz CT molecular complexity index is 586. The van der Waals surface area contributed by atoms with Gasteiger partial charge >= 0.3 is 0 Å². The van der Waals surface area contributed by atoms with Crippen LogP contribution in [-0.4, -0.2) is 46.1 Å². The molecule has 0 bridgehead atoms.